The summed E-state index contributed by atoms with van der Waals surface area (Å²) in [5, 5.41) is 3.41. The van der Waals surface area contributed by atoms with E-state index in [0.717, 1.165) is 44.9 Å². The van der Waals surface area contributed by atoms with Gasteiger partial charge in [-0.25, -0.2) is 0 Å². The van der Waals surface area contributed by atoms with E-state index < -0.39 is 0 Å². The van der Waals surface area contributed by atoms with Crippen LogP contribution in [-0.2, 0) is 22.4 Å². The lowest BCUT2D eigenvalue weighted by molar-refractivity contribution is 0.0689. The maximum Gasteiger partial charge on any atom is 0.193 e. The molecule has 0 spiro atoms. The Balaban J connectivity index is 0.00000576. The molecule has 0 radical (unpaired) electrons. The molecule has 25 heavy (non-hydrogen) atoms. The van der Waals surface area contributed by atoms with Gasteiger partial charge in [0.05, 0.1) is 13.2 Å². The minimum absolute atomic E-state index is 0. The second-order valence-electron chi connectivity index (χ2n) is 5.81. The zero-order valence-corrected chi connectivity index (χ0v) is 18.4. The van der Waals surface area contributed by atoms with E-state index in [9.17, 15) is 0 Å². The van der Waals surface area contributed by atoms with Crippen LogP contribution in [0.1, 0.15) is 30.9 Å². The monoisotopic (exact) mass is 463 g/mol. The molecule has 0 bridgehead atoms. The minimum Gasteiger partial charge on any atom is -0.382 e. The molecule has 6 heteroatoms. The third kappa shape index (κ3) is 10.7. The van der Waals surface area contributed by atoms with Crippen molar-refractivity contribution in [1.82, 2.24) is 10.2 Å². The Hall–Kier alpha value is -0.860. The summed E-state index contributed by atoms with van der Waals surface area (Å²) in [4.78, 5) is 6.51. The Morgan fingerprint density at radius 2 is 1.76 bits per heavy atom. The molecule has 0 aliphatic heterocycles. The Bertz CT molecular complexity index is 466. The molecule has 0 saturated carbocycles. The number of benzene rings is 1. The standard InChI is InChI=1S/C19H33N3O2.HI/c1-5-17-8-10-18(11-9-17)16-22(3)19(20-2)21-12-6-7-13-24-15-14-23-4;/h8-11H,5-7,12-16H2,1-4H3,(H,20,21);1H. The first-order chi connectivity index (χ1) is 11.7. The van der Waals surface area contributed by atoms with E-state index in [1.807, 2.05) is 7.05 Å². The molecule has 0 atom stereocenters. The first kappa shape index (κ1) is 24.1. The first-order valence-electron chi connectivity index (χ1n) is 8.77. The molecule has 0 amide bonds. The van der Waals surface area contributed by atoms with Gasteiger partial charge in [-0.05, 0) is 30.4 Å². The maximum atomic E-state index is 5.46. The topological polar surface area (TPSA) is 46.1 Å². The zero-order valence-electron chi connectivity index (χ0n) is 16.1. The number of aliphatic imine (C=N–C) groups is 1. The highest BCUT2D eigenvalue weighted by molar-refractivity contribution is 14.0. The van der Waals surface area contributed by atoms with Crippen molar-refractivity contribution in [3.63, 3.8) is 0 Å². The summed E-state index contributed by atoms with van der Waals surface area (Å²) in [6.45, 7) is 6.04. The molecule has 0 saturated heterocycles. The lowest BCUT2D eigenvalue weighted by atomic mass is 10.1. The van der Waals surface area contributed by atoms with Crippen molar-refractivity contribution in [3.05, 3.63) is 35.4 Å². The highest BCUT2D eigenvalue weighted by Gasteiger charge is 2.06. The predicted molar refractivity (Wildman–Crippen MR) is 116 cm³/mol. The molecule has 0 unspecified atom stereocenters. The van der Waals surface area contributed by atoms with Crippen LogP contribution in [-0.4, -0.2) is 58.4 Å². The Morgan fingerprint density at radius 1 is 1.08 bits per heavy atom. The molecular weight excluding hydrogens is 429 g/mol. The molecule has 0 aromatic heterocycles. The number of guanidine groups is 1. The van der Waals surface area contributed by atoms with Gasteiger partial charge in [0.2, 0.25) is 0 Å². The van der Waals surface area contributed by atoms with Gasteiger partial charge in [-0.15, -0.1) is 24.0 Å². The van der Waals surface area contributed by atoms with Crippen LogP contribution in [0.3, 0.4) is 0 Å². The molecule has 5 nitrogen and oxygen atoms in total. The molecular formula is C19H34IN3O2. The fourth-order valence-corrected chi connectivity index (χ4v) is 2.39. The predicted octanol–water partition coefficient (Wildman–Crippen LogP) is 3.32. The molecule has 0 aliphatic carbocycles. The van der Waals surface area contributed by atoms with E-state index in [2.05, 4.69) is 53.4 Å². The van der Waals surface area contributed by atoms with Gasteiger partial charge in [0.1, 0.15) is 0 Å². The van der Waals surface area contributed by atoms with Crippen LogP contribution in [0.15, 0.2) is 29.3 Å². The largest absolute Gasteiger partial charge is 0.382 e. The number of halogens is 1. The molecule has 0 aliphatic rings. The van der Waals surface area contributed by atoms with Crippen LogP contribution in [0, 0.1) is 0 Å². The second kappa shape index (κ2) is 15.4. The highest BCUT2D eigenvalue weighted by atomic mass is 127. The number of unbranched alkanes of at least 4 members (excludes halogenated alkanes) is 1. The molecule has 1 aromatic rings. The summed E-state index contributed by atoms with van der Waals surface area (Å²) < 4.78 is 10.4. The van der Waals surface area contributed by atoms with Crippen LogP contribution in [0.2, 0.25) is 0 Å². The van der Waals surface area contributed by atoms with Crippen molar-refractivity contribution in [3.8, 4) is 0 Å². The SMILES string of the molecule is CCc1ccc(CN(C)C(=NC)NCCCCOCCOC)cc1.I. The summed E-state index contributed by atoms with van der Waals surface area (Å²) in [6.07, 6.45) is 3.18. The van der Waals surface area contributed by atoms with Crippen molar-refractivity contribution < 1.29 is 9.47 Å². The van der Waals surface area contributed by atoms with E-state index >= 15 is 0 Å². The molecule has 1 rings (SSSR count). The van der Waals surface area contributed by atoms with Crippen molar-refractivity contribution >= 4 is 29.9 Å². The Morgan fingerprint density at radius 3 is 2.36 bits per heavy atom. The number of hydrogen-bond donors (Lipinski definition) is 1. The van der Waals surface area contributed by atoms with Gasteiger partial charge in [0, 0.05) is 40.9 Å². The average Bonchev–Trinajstić information content (AvgIpc) is 2.61. The number of hydrogen-bond acceptors (Lipinski definition) is 3. The molecule has 0 heterocycles. The summed E-state index contributed by atoms with van der Waals surface area (Å²) >= 11 is 0. The zero-order chi connectivity index (χ0) is 17.6. The number of rotatable bonds is 11. The average molecular weight is 463 g/mol. The van der Waals surface area contributed by atoms with Gasteiger partial charge in [0.15, 0.2) is 5.96 Å². The maximum absolute atomic E-state index is 5.46. The highest BCUT2D eigenvalue weighted by Crippen LogP contribution is 2.07. The van der Waals surface area contributed by atoms with Gasteiger partial charge >= 0.3 is 0 Å². The van der Waals surface area contributed by atoms with Crippen LogP contribution >= 0.6 is 24.0 Å². The van der Waals surface area contributed by atoms with Crippen LogP contribution in [0.4, 0.5) is 0 Å². The lowest BCUT2D eigenvalue weighted by Crippen LogP contribution is -2.38. The van der Waals surface area contributed by atoms with Gasteiger partial charge in [-0.1, -0.05) is 31.2 Å². The van der Waals surface area contributed by atoms with Crippen LogP contribution in [0.5, 0.6) is 0 Å². The van der Waals surface area contributed by atoms with E-state index in [1.54, 1.807) is 7.11 Å². The van der Waals surface area contributed by atoms with Crippen LogP contribution in [0.25, 0.3) is 0 Å². The first-order valence-corrected chi connectivity index (χ1v) is 8.77. The summed E-state index contributed by atoms with van der Waals surface area (Å²) in [7, 11) is 5.58. The number of aryl methyl sites for hydroxylation is 1. The van der Waals surface area contributed by atoms with E-state index in [-0.39, 0.29) is 24.0 Å². The minimum atomic E-state index is 0. The van der Waals surface area contributed by atoms with Crippen LogP contribution < -0.4 is 5.32 Å². The van der Waals surface area contributed by atoms with E-state index in [0.29, 0.717) is 13.2 Å². The van der Waals surface area contributed by atoms with Gasteiger partial charge in [-0.3, -0.25) is 4.99 Å². The fraction of sp³-hybridized carbons (Fsp3) is 0.632. The second-order valence-corrected chi connectivity index (χ2v) is 5.81. The number of ether oxygens (including phenoxy) is 2. The summed E-state index contributed by atoms with van der Waals surface area (Å²) in [5.74, 6) is 0.926. The van der Waals surface area contributed by atoms with Gasteiger partial charge in [-0.2, -0.15) is 0 Å². The quantitative estimate of drug-likeness (QED) is 0.237. The van der Waals surface area contributed by atoms with Gasteiger partial charge in [0.25, 0.3) is 0 Å². The normalized spacial score (nSPS) is 11.1. The molecule has 1 aromatic carbocycles. The Labute approximate surface area is 170 Å². The van der Waals surface area contributed by atoms with Crippen molar-refractivity contribution in [1.29, 1.82) is 0 Å². The number of nitrogens with one attached hydrogen (secondary N) is 1. The van der Waals surface area contributed by atoms with E-state index in [4.69, 9.17) is 9.47 Å². The summed E-state index contributed by atoms with van der Waals surface area (Å²) in [5.41, 5.74) is 2.67. The third-order valence-corrected chi connectivity index (χ3v) is 3.85. The van der Waals surface area contributed by atoms with Crippen molar-refractivity contribution in [2.45, 2.75) is 32.7 Å². The number of nitrogens with zero attached hydrogens (tertiary/aromatic N) is 2. The summed E-state index contributed by atoms with van der Waals surface area (Å²) in [6, 6.07) is 8.78. The molecule has 1 N–H and O–H groups in total. The molecule has 144 valence electrons. The smallest absolute Gasteiger partial charge is 0.193 e. The van der Waals surface area contributed by atoms with E-state index in [1.165, 1.54) is 11.1 Å². The van der Waals surface area contributed by atoms with Crippen molar-refractivity contribution in [2.75, 3.05) is 47.6 Å². The lowest BCUT2D eigenvalue weighted by Gasteiger charge is -2.22. The third-order valence-electron chi connectivity index (χ3n) is 3.85. The number of methoxy groups -OCH3 is 1. The van der Waals surface area contributed by atoms with Crippen molar-refractivity contribution in [2.24, 2.45) is 4.99 Å². The Kier molecular flexibility index (Phi) is 14.9. The fourth-order valence-electron chi connectivity index (χ4n) is 2.39. The van der Waals surface area contributed by atoms with Gasteiger partial charge < -0.3 is 19.7 Å². The molecule has 0 fully saturated rings.